The number of hydrogen-bond acceptors (Lipinski definition) is 7. The molecule has 0 spiro atoms. The highest BCUT2D eigenvalue weighted by molar-refractivity contribution is 7.45. The molecule has 8 nitrogen and oxygen atoms in total. The number of hydrogen-bond donors (Lipinski definition) is 0. The molecular formula is C54H108NO7P. The van der Waals surface area contributed by atoms with Crippen molar-refractivity contribution in [3.8, 4) is 0 Å². The lowest BCUT2D eigenvalue weighted by atomic mass is 10.0. The van der Waals surface area contributed by atoms with Crippen LogP contribution < -0.4 is 4.89 Å². The first-order valence-corrected chi connectivity index (χ1v) is 28.9. The van der Waals surface area contributed by atoms with E-state index in [9.17, 15) is 14.3 Å². The Morgan fingerprint density at radius 2 is 0.825 bits per heavy atom. The highest BCUT2D eigenvalue weighted by Gasteiger charge is 2.20. The zero-order valence-electron chi connectivity index (χ0n) is 42.8. The Morgan fingerprint density at radius 3 is 1.21 bits per heavy atom. The molecule has 0 saturated heterocycles. The maximum atomic E-state index is 12.7. The molecule has 0 bridgehead atoms. The molecule has 0 aromatic heterocycles. The van der Waals surface area contributed by atoms with Gasteiger partial charge in [0.05, 0.1) is 34.4 Å². The van der Waals surface area contributed by atoms with Gasteiger partial charge in [0.15, 0.2) is 0 Å². The van der Waals surface area contributed by atoms with Gasteiger partial charge in [-0.25, -0.2) is 0 Å². The van der Waals surface area contributed by atoms with E-state index in [1.165, 1.54) is 205 Å². The second-order valence-electron chi connectivity index (χ2n) is 20.0. The van der Waals surface area contributed by atoms with E-state index in [1.54, 1.807) is 0 Å². The van der Waals surface area contributed by atoms with Crippen molar-refractivity contribution < 1.29 is 37.3 Å². The first-order valence-electron chi connectivity index (χ1n) is 27.4. The lowest BCUT2D eigenvalue weighted by Gasteiger charge is -2.28. The van der Waals surface area contributed by atoms with Crippen LogP contribution in [0.1, 0.15) is 271 Å². The van der Waals surface area contributed by atoms with Crippen molar-refractivity contribution in [2.45, 2.75) is 277 Å². The van der Waals surface area contributed by atoms with Gasteiger partial charge in [-0.1, -0.05) is 238 Å². The largest absolute Gasteiger partial charge is 0.756 e. The van der Waals surface area contributed by atoms with E-state index in [-0.39, 0.29) is 25.8 Å². The molecule has 0 N–H and O–H groups in total. The third-order valence-corrected chi connectivity index (χ3v) is 13.3. The second-order valence-corrected chi connectivity index (χ2v) is 21.4. The maximum absolute atomic E-state index is 12.7. The normalized spacial score (nSPS) is 13.6. The first kappa shape index (κ1) is 62.2. The number of carbonyl (C=O) groups is 1. The number of rotatable bonds is 52. The van der Waals surface area contributed by atoms with Crippen LogP contribution in [0.25, 0.3) is 0 Å². The topological polar surface area (TPSA) is 94.1 Å². The minimum absolute atomic E-state index is 0.0281. The van der Waals surface area contributed by atoms with Gasteiger partial charge >= 0.3 is 5.97 Å². The van der Waals surface area contributed by atoms with E-state index in [0.717, 1.165) is 44.9 Å². The van der Waals surface area contributed by atoms with Crippen LogP contribution >= 0.6 is 7.82 Å². The van der Waals surface area contributed by atoms with E-state index in [2.05, 4.69) is 26.0 Å². The molecule has 376 valence electrons. The van der Waals surface area contributed by atoms with Crippen molar-refractivity contribution >= 4 is 13.8 Å². The van der Waals surface area contributed by atoms with Crippen molar-refractivity contribution in [2.75, 3.05) is 54.1 Å². The standard InChI is InChI=1S/C54H108NO7P/c1-6-8-10-12-14-16-18-20-22-24-25-26-27-28-29-30-31-32-34-36-38-40-42-44-46-49-59-51-53(52-61-63(57,58)60-50-48-55(3,4)5)62-54(56)47-45-43-41-39-37-35-33-23-21-19-17-15-13-11-9-7-2/h23,33,53H,6-22,24-32,34-52H2,1-5H3/b33-23-. The molecule has 0 saturated carbocycles. The summed E-state index contributed by atoms with van der Waals surface area (Å²) in [6, 6.07) is 0. The fraction of sp³-hybridized carbons (Fsp3) is 0.944. The zero-order valence-corrected chi connectivity index (χ0v) is 43.7. The van der Waals surface area contributed by atoms with Crippen LogP contribution in [0.15, 0.2) is 12.2 Å². The van der Waals surface area contributed by atoms with Crippen molar-refractivity contribution in [1.29, 1.82) is 0 Å². The summed E-state index contributed by atoms with van der Waals surface area (Å²) in [6.07, 6.45) is 55.4. The summed E-state index contributed by atoms with van der Waals surface area (Å²) >= 11 is 0. The van der Waals surface area contributed by atoms with Gasteiger partial charge in [-0.15, -0.1) is 0 Å². The fourth-order valence-electron chi connectivity index (χ4n) is 8.07. The molecule has 0 aliphatic carbocycles. The third-order valence-electron chi connectivity index (χ3n) is 12.3. The first-order chi connectivity index (χ1) is 30.6. The number of carbonyl (C=O) groups excluding carboxylic acids is 1. The molecular weight excluding hydrogens is 806 g/mol. The van der Waals surface area contributed by atoms with Gasteiger partial charge in [-0.05, 0) is 38.5 Å². The minimum atomic E-state index is -4.53. The van der Waals surface area contributed by atoms with E-state index in [0.29, 0.717) is 24.1 Å². The Kier molecular flexibility index (Phi) is 47.1. The minimum Gasteiger partial charge on any atom is -0.756 e. The Bertz CT molecular complexity index is 1020. The highest BCUT2D eigenvalue weighted by atomic mass is 31.2. The van der Waals surface area contributed by atoms with Crippen molar-refractivity contribution in [2.24, 2.45) is 0 Å². The number of unbranched alkanes of at least 4 members (excludes halogenated alkanes) is 36. The van der Waals surface area contributed by atoms with E-state index >= 15 is 0 Å². The lowest BCUT2D eigenvalue weighted by molar-refractivity contribution is -0.870. The number of esters is 1. The van der Waals surface area contributed by atoms with Crippen molar-refractivity contribution in [3.63, 3.8) is 0 Å². The van der Waals surface area contributed by atoms with Crippen LogP contribution in [0, 0.1) is 0 Å². The van der Waals surface area contributed by atoms with Gasteiger partial charge in [0, 0.05) is 13.0 Å². The third kappa shape index (κ3) is 52.1. The Balaban J connectivity index is 4.02. The van der Waals surface area contributed by atoms with E-state index < -0.39 is 13.9 Å². The van der Waals surface area contributed by atoms with Crippen molar-refractivity contribution in [3.05, 3.63) is 12.2 Å². The summed E-state index contributed by atoms with van der Waals surface area (Å²) in [4.78, 5) is 25.2. The fourth-order valence-corrected chi connectivity index (χ4v) is 8.80. The van der Waals surface area contributed by atoms with Gasteiger partial charge in [0.2, 0.25) is 0 Å². The van der Waals surface area contributed by atoms with Crippen LogP contribution in [-0.2, 0) is 27.9 Å². The number of nitrogens with zero attached hydrogens (tertiary/aromatic N) is 1. The summed E-state index contributed by atoms with van der Waals surface area (Å²) in [6.45, 7) is 5.47. The smallest absolute Gasteiger partial charge is 0.306 e. The number of ether oxygens (including phenoxy) is 2. The molecule has 9 heteroatoms. The number of quaternary nitrogens is 1. The number of phosphoric acid groups is 1. The predicted molar refractivity (Wildman–Crippen MR) is 268 cm³/mol. The maximum Gasteiger partial charge on any atom is 0.306 e. The molecule has 2 unspecified atom stereocenters. The van der Waals surface area contributed by atoms with Gasteiger partial charge < -0.3 is 27.9 Å². The number of likely N-dealkylation sites (N-methyl/N-ethyl adjacent to an activating group) is 1. The molecule has 63 heavy (non-hydrogen) atoms. The van der Waals surface area contributed by atoms with Crippen molar-refractivity contribution in [1.82, 2.24) is 0 Å². The SMILES string of the molecule is CCCCCCCCC/C=C\CCCCCCCC(=O)OC(COCCCCCCCCCCCCCCCCCCCCCCCCCCC)COP(=O)([O-])OCC[N+](C)(C)C. The Hall–Kier alpha value is -0.760. The Morgan fingerprint density at radius 1 is 0.476 bits per heavy atom. The van der Waals surface area contributed by atoms with Crippen LogP contribution in [0.4, 0.5) is 0 Å². The van der Waals surface area contributed by atoms with Gasteiger partial charge in [0.1, 0.15) is 19.3 Å². The molecule has 0 rings (SSSR count). The summed E-state index contributed by atoms with van der Waals surface area (Å²) < 4.78 is 34.8. The van der Waals surface area contributed by atoms with E-state index in [4.69, 9.17) is 18.5 Å². The average molecular weight is 914 g/mol. The lowest BCUT2D eigenvalue weighted by Crippen LogP contribution is -2.37. The molecule has 0 heterocycles. The summed E-state index contributed by atoms with van der Waals surface area (Å²) in [5, 5.41) is 0. The molecule has 0 aromatic rings. The van der Waals surface area contributed by atoms with Crippen LogP contribution in [0.5, 0.6) is 0 Å². The van der Waals surface area contributed by atoms with Crippen LogP contribution in [0.2, 0.25) is 0 Å². The molecule has 0 fully saturated rings. The monoisotopic (exact) mass is 914 g/mol. The quantitative estimate of drug-likeness (QED) is 0.0197. The van der Waals surface area contributed by atoms with Gasteiger partial charge in [-0.3, -0.25) is 9.36 Å². The van der Waals surface area contributed by atoms with Crippen LogP contribution in [-0.4, -0.2) is 70.7 Å². The summed E-state index contributed by atoms with van der Waals surface area (Å²) in [7, 11) is 1.37. The van der Waals surface area contributed by atoms with Gasteiger partial charge in [-0.2, -0.15) is 0 Å². The zero-order chi connectivity index (χ0) is 46.2. The summed E-state index contributed by atoms with van der Waals surface area (Å²) in [5.74, 6) is -0.336. The summed E-state index contributed by atoms with van der Waals surface area (Å²) in [5.41, 5.74) is 0. The Labute approximate surface area is 392 Å². The van der Waals surface area contributed by atoms with Crippen LogP contribution in [0.3, 0.4) is 0 Å². The van der Waals surface area contributed by atoms with E-state index in [1.807, 2.05) is 21.1 Å². The molecule has 0 aliphatic rings. The van der Waals surface area contributed by atoms with Gasteiger partial charge in [0.25, 0.3) is 7.82 Å². The molecule has 0 aromatic carbocycles. The average Bonchev–Trinajstić information content (AvgIpc) is 3.24. The molecule has 0 aliphatic heterocycles. The number of allylic oxidation sites excluding steroid dienone is 2. The molecule has 0 amide bonds. The second kappa shape index (κ2) is 47.7. The predicted octanol–water partition coefficient (Wildman–Crippen LogP) is 16.3. The number of phosphoric ester groups is 1. The molecule has 0 radical (unpaired) electrons. The molecule has 2 atom stereocenters. The highest BCUT2D eigenvalue weighted by Crippen LogP contribution is 2.38.